The van der Waals surface area contributed by atoms with E-state index in [0.29, 0.717) is 0 Å². The number of aromatic nitrogens is 2. The summed E-state index contributed by atoms with van der Waals surface area (Å²) >= 11 is 0. The van der Waals surface area contributed by atoms with E-state index in [9.17, 15) is 4.79 Å². The number of hydrogen-bond acceptors (Lipinski definition) is 3. The van der Waals surface area contributed by atoms with E-state index in [4.69, 9.17) is 0 Å². The molecule has 1 amide bonds. The first-order valence-corrected chi connectivity index (χ1v) is 10.3. The zero-order chi connectivity index (χ0) is 20.2. The largest absolute Gasteiger partial charge is 0.336 e. The van der Waals surface area contributed by atoms with Gasteiger partial charge in [0.1, 0.15) is 5.82 Å². The smallest absolute Gasteiger partial charge is 0.253 e. The Morgan fingerprint density at radius 1 is 0.931 bits per heavy atom. The molecule has 0 radical (unpaired) electrons. The van der Waals surface area contributed by atoms with Crippen LogP contribution in [0.4, 0.5) is 0 Å². The Morgan fingerprint density at radius 2 is 1.62 bits per heavy atom. The molecule has 0 N–H and O–H groups in total. The number of carbonyl (C=O) groups is 1. The lowest BCUT2D eigenvalue weighted by molar-refractivity contribution is 0.0633. The Hall–Kier alpha value is -2.92. The number of benzene rings is 2. The van der Waals surface area contributed by atoms with Gasteiger partial charge in [-0.3, -0.25) is 9.69 Å². The van der Waals surface area contributed by atoms with Crippen molar-refractivity contribution in [1.82, 2.24) is 19.4 Å². The maximum atomic E-state index is 12.9. The van der Waals surface area contributed by atoms with Gasteiger partial charge in [0.25, 0.3) is 5.91 Å². The van der Waals surface area contributed by atoms with Gasteiger partial charge in [0.15, 0.2) is 0 Å². The first-order chi connectivity index (χ1) is 14.1. The quantitative estimate of drug-likeness (QED) is 0.670. The lowest BCUT2D eigenvalue weighted by Gasteiger charge is -2.35. The van der Waals surface area contributed by atoms with Crippen LogP contribution in [0.5, 0.6) is 0 Å². The van der Waals surface area contributed by atoms with Gasteiger partial charge in [-0.15, -0.1) is 0 Å². The molecule has 1 fully saturated rings. The SMILES string of the molecule is Cc1cc(C)cc(C(=O)N2CCN(CCn3ccnc3-c3ccccc3)CC2)c1. The number of carbonyl (C=O) groups excluding carboxylic acids is 1. The van der Waals surface area contributed by atoms with Crippen molar-refractivity contribution >= 4 is 5.91 Å². The first kappa shape index (κ1) is 19.4. The van der Waals surface area contributed by atoms with Gasteiger partial charge in [-0.05, 0) is 26.0 Å². The topological polar surface area (TPSA) is 41.4 Å². The number of aryl methyl sites for hydroxylation is 2. The van der Waals surface area contributed by atoms with Crippen LogP contribution in [0.1, 0.15) is 21.5 Å². The van der Waals surface area contributed by atoms with Crippen molar-refractivity contribution in [2.75, 3.05) is 32.7 Å². The first-order valence-electron chi connectivity index (χ1n) is 10.3. The van der Waals surface area contributed by atoms with E-state index in [2.05, 4.69) is 32.7 Å². The molecule has 1 saturated heterocycles. The number of hydrogen-bond donors (Lipinski definition) is 0. The summed E-state index contributed by atoms with van der Waals surface area (Å²) in [5.74, 6) is 1.16. The number of amides is 1. The van der Waals surface area contributed by atoms with Crippen molar-refractivity contribution in [3.05, 3.63) is 77.6 Å². The molecule has 1 aliphatic rings. The predicted octanol–water partition coefficient (Wildman–Crippen LogP) is 3.62. The maximum Gasteiger partial charge on any atom is 0.253 e. The van der Waals surface area contributed by atoms with Crippen LogP contribution in [0, 0.1) is 13.8 Å². The van der Waals surface area contributed by atoms with Crippen LogP contribution in [-0.4, -0.2) is 58.0 Å². The Balaban J connectivity index is 1.32. The highest BCUT2D eigenvalue weighted by Crippen LogP contribution is 2.17. The van der Waals surface area contributed by atoms with Crippen LogP contribution >= 0.6 is 0 Å². The van der Waals surface area contributed by atoms with Gasteiger partial charge in [0.2, 0.25) is 0 Å². The zero-order valence-corrected chi connectivity index (χ0v) is 17.2. The molecule has 0 bridgehead atoms. The highest BCUT2D eigenvalue weighted by Gasteiger charge is 2.22. The average Bonchev–Trinajstić information content (AvgIpc) is 3.21. The minimum atomic E-state index is 0.150. The van der Waals surface area contributed by atoms with Crippen LogP contribution in [0.25, 0.3) is 11.4 Å². The fourth-order valence-corrected chi connectivity index (χ4v) is 4.04. The Morgan fingerprint density at radius 3 is 2.31 bits per heavy atom. The normalized spacial score (nSPS) is 14.9. The molecular formula is C24H28N4O. The summed E-state index contributed by atoms with van der Waals surface area (Å²) in [5.41, 5.74) is 4.23. The van der Waals surface area contributed by atoms with Crippen molar-refractivity contribution in [2.45, 2.75) is 20.4 Å². The average molecular weight is 389 g/mol. The molecule has 150 valence electrons. The molecule has 0 aliphatic carbocycles. The summed E-state index contributed by atoms with van der Waals surface area (Å²) < 4.78 is 2.21. The third-order valence-corrected chi connectivity index (χ3v) is 5.53. The molecule has 1 aliphatic heterocycles. The van der Waals surface area contributed by atoms with E-state index in [1.54, 1.807) is 0 Å². The van der Waals surface area contributed by atoms with Gasteiger partial charge >= 0.3 is 0 Å². The number of piperazine rings is 1. The molecule has 0 saturated carbocycles. The van der Waals surface area contributed by atoms with Crippen LogP contribution in [-0.2, 0) is 6.54 Å². The Kier molecular flexibility index (Phi) is 5.76. The molecule has 2 heterocycles. The summed E-state index contributed by atoms with van der Waals surface area (Å²) in [4.78, 5) is 21.8. The highest BCUT2D eigenvalue weighted by molar-refractivity contribution is 5.94. The van der Waals surface area contributed by atoms with E-state index >= 15 is 0 Å². The van der Waals surface area contributed by atoms with Gasteiger partial charge in [0.05, 0.1) is 0 Å². The lowest BCUT2D eigenvalue weighted by Crippen LogP contribution is -2.49. The molecule has 1 aromatic heterocycles. The Labute approximate surface area is 172 Å². The second kappa shape index (κ2) is 8.62. The minimum absolute atomic E-state index is 0.150. The van der Waals surface area contributed by atoms with E-state index in [1.807, 2.05) is 61.5 Å². The highest BCUT2D eigenvalue weighted by atomic mass is 16.2. The van der Waals surface area contributed by atoms with Crippen LogP contribution in [0.2, 0.25) is 0 Å². The summed E-state index contributed by atoms with van der Waals surface area (Å²) in [5, 5.41) is 0. The predicted molar refractivity (Wildman–Crippen MR) is 116 cm³/mol. The van der Waals surface area contributed by atoms with Gasteiger partial charge in [-0.2, -0.15) is 0 Å². The monoisotopic (exact) mass is 388 g/mol. The number of imidazole rings is 1. The molecule has 29 heavy (non-hydrogen) atoms. The fourth-order valence-electron chi connectivity index (χ4n) is 4.04. The van der Waals surface area contributed by atoms with Crippen LogP contribution < -0.4 is 0 Å². The second-order valence-electron chi connectivity index (χ2n) is 7.82. The van der Waals surface area contributed by atoms with E-state index in [-0.39, 0.29) is 5.91 Å². The van der Waals surface area contributed by atoms with Gasteiger partial charge in [0, 0.05) is 62.8 Å². The molecule has 3 aromatic rings. The summed E-state index contributed by atoms with van der Waals surface area (Å²) in [7, 11) is 0. The third-order valence-electron chi connectivity index (χ3n) is 5.53. The van der Waals surface area contributed by atoms with Crippen molar-refractivity contribution in [3.8, 4) is 11.4 Å². The second-order valence-corrected chi connectivity index (χ2v) is 7.82. The molecule has 5 nitrogen and oxygen atoms in total. The van der Waals surface area contributed by atoms with Crippen molar-refractivity contribution in [1.29, 1.82) is 0 Å². The van der Waals surface area contributed by atoms with Crippen molar-refractivity contribution < 1.29 is 4.79 Å². The molecule has 4 rings (SSSR count). The molecule has 5 heteroatoms. The number of nitrogens with zero attached hydrogens (tertiary/aromatic N) is 4. The zero-order valence-electron chi connectivity index (χ0n) is 17.2. The maximum absolute atomic E-state index is 12.9. The van der Waals surface area contributed by atoms with E-state index in [1.165, 1.54) is 0 Å². The van der Waals surface area contributed by atoms with Gasteiger partial charge in [-0.1, -0.05) is 47.5 Å². The molecule has 0 spiro atoms. The standard InChI is InChI=1S/C24H28N4O/c1-19-16-20(2)18-22(17-19)24(29)28-14-11-26(12-15-28)10-13-27-9-8-25-23(27)21-6-4-3-5-7-21/h3-9,16-18H,10-15H2,1-2H3. The lowest BCUT2D eigenvalue weighted by atomic mass is 10.1. The molecule has 0 atom stereocenters. The van der Waals surface area contributed by atoms with Gasteiger partial charge < -0.3 is 9.47 Å². The summed E-state index contributed by atoms with van der Waals surface area (Å²) in [6, 6.07) is 16.4. The minimum Gasteiger partial charge on any atom is -0.336 e. The molecule has 0 unspecified atom stereocenters. The van der Waals surface area contributed by atoms with Crippen LogP contribution in [0.15, 0.2) is 60.9 Å². The van der Waals surface area contributed by atoms with E-state index < -0.39 is 0 Å². The summed E-state index contributed by atoms with van der Waals surface area (Å²) in [6.45, 7) is 9.32. The number of rotatable bonds is 5. The summed E-state index contributed by atoms with van der Waals surface area (Å²) in [6.07, 6.45) is 3.91. The fraction of sp³-hybridized carbons (Fsp3) is 0.333. The van der Waals surface area contributed by atoms with Crippen LogP contribution in [0.3, 0.4) is 0 Å². The van der Waals surface area contributed by atoms with E-state index in [0.717, 1.165) is 67.3 Å². The van der Waals surface area contributed by atoms with Gasteiger partial charge in [-0.25, -0.2) is 4.98 Å². The van der Waals surface area contributed by atoms with Crippen molar-refractivity contribution in [2.24, 2.45) is 0 Å². The molecular weight excluding hydrogens is 360 g/mol. The Bertz CT molecular complexity index is 951. The molecule has 2 aromatic carbocycles. The third kappa shape index (κ3) is 4.57. The van der Waals surface area contributed by atoms with Crippen molar-refractivity contribution in [3.63, 3.8) is 0 Å².